The van der Waals surface area contributed by atoms with Crippen LogP contribution in [0.3, 0.4) is 0 Å². The van der Waals surface area contributed by atoms with E-state index in [2.05, 4.69) is 31.1 Å². The second-order valence-electron chi connectivity index (χ2n) is 6.67. The molecule has 2 N–H and O–H groups in total. The van der Waals surface area contributed by atoms with Crippen molar-refractivity contribution in [3.63, 3.8) is 0 Å². The van der Waals surface area contributed by atoms with E-state index >= 15 is 0 Å². The van der Waals surface area contributed by atoms with Crippen LogP contribution < -0.4 is 5.32 Å². The van der Waals surface area contributed by atoms with Crippen molar-refractivity contribution in [1.82, 2.24) is 10.2 Å². The molecule has 0 heterocycles. The number of rotatable bonds is 9. The standard InChI is InChI=1S/C16H32N2O2/c1-5-17-16(15(19)20)10-6-7-14(16)9-12-18(4)11-8-13(2)3/h13-14,17H,5-12H2,1-4H3,(H,19,20). The average molecular weight is 284 g/mol. The Morgan fingerprint density at radius 2 is 2.15 bits per heavy atom. The number of carbonyl (C=O) groups is 1. The molecule has 0 aromatic carbocycles. The van der Waals surface area contributed by atoms with Crippen LogP contribution in [0, 0.1) is 11.8 Å². The first kappa shape index (κ1) is 17.4. The summed E-state index contributed by atoms with van der Waals surface area (Å²) in [5, 5.41) is 12.9. The molecule has 0 aliphatic heterocycles. The molecule has 2 unspecified atom stereocenters. The molecule has 0 amide bonds. The third-order valence-electron chi connectivity index (χ3n) is 4.64. The van der Waals surface area contributed by atoms with Gasteiger partial charge in [0, 0.05) is 0 Å². The maximum absolute atomic E-state index is 11.7. The minimum Gasteiger partial charge on any atom is -0.480 e. The maximum Gasteiger partial charge on any atom is 0.324 e. The van der Waals surface area contributed by atoms with Gasteiger partial charge in [-0.2, -0.15) is 0 Å². The van der Waals surface area contributed by atoms with Crippen molar-refractivity contribution in [2.45, 2.75) is 58.4 Å². The van der Waals surface area contributed by atoms with Crippen molar-refractivity contribution >= 4 is 5.97 Å². The van der Waals surface area contributed by atoms with Gasteiger partial charge in [0.15, 0.2) is 0 Å². The van der Waals surface area contributed by atoms with E-state index in [1.165, 1.54) is 6.42 Å². The Morgan fingerprint density at radius 3 is 2.70 bits per heavy atom. The molecule has 0 aromatic rings. The molecule has 118 valence electrons. The van der Waals surface area contributed by atoms with Gasteiger partial charge in [-0.1, -0.05) is 27.2 Å². The van der Waals surface area contributed by atoms with E-state index in [9.17, 15) is 9.90 Å². The van der Waals surface area contributed by atoms with Crippen molar-refractivity contribution in [3.05, 3.63) is 0 Å². The number of carboxylic acids is 1. The molecular formula is C16H32N2O2. The van der Waals surface area contributed by atoms with E-state index in [1.807, 2.05) is 6.92 Å². The molecular weight excluding hydrogens is 252 g/mol. The van der Waals surface area contributed by atoms with Crippen LogP contribution >= 0.6 is 0 Å². The molecule has 20 heavy (non-hydrogen) atoms. The molecule has 0 saturated heterocycles. The van der Waals surface area contributed by atoms with Crippen LogP contribution in [0.5, 0.6) is 0 Å². The smallest absolute Gasteiger partial charge is 0.324 e. The number of nitrogens with zero attached hydrogens (tertiary/aromatic N) is 1. The zero-order chi connectivity index (χ0) is 15.2. The molecule has 0 aromatic heterocycles. The van der Waals surface area contributed by atoms with E-state index in [-0.39, 0.29) is 5.92 Å². The Hall–Kier alpha value is -0.610. The zero-order valence-corrected chi connectivity index (χ0v) is 13.6. The number of hydrogen-bond donors (Lipinski definition) is 2. The lowest BCUT2D eigenvalue weighted by Crippen LogP contribution is -2.55. The first-order valence-corrected chi connectivity index (χ1v) is 8.09. The van der Waals surface area contributed by atoms with Crippen LogP contribution in [0.4, 0.5) is 0 Å². The Morgan fingerprint density at radius 1 is 1.45 bits per heavy atom. The van der Waals surface area contributed by atoms with Gasteiger partial charge in [0.1, 0.15) is 5.54 Å². The van der Waals surface area contributed by atoms with Gasteiger partial charge in [0.2, 0.25) is 0 Å². The van der Waals surface area contributed by atoms with Crippen LogP contribution in [-0.2, 0) is 4.79 Å². The monoisotopic (exact) mass is 284 g/mol. The lowest BCUT2D eigenvalue weighted by atomic mass is 9.84. The summed E-state index contributed by atoms with van der Waals surface area (Å²) >= 11 is 0. The Bertz CT molecular complexity index is 307. The summed E-state index contributed by atoms with van der Waals surface area (Å²) in [7, 11) is 2.15. The fourth-order valence-corrected chi connectivity index (χ4v) is 3.34. The normalized spacial score (nSPS) is 26.6. The Labute approximate surface area is 123 Å². The lowest BCUT2D eigenvalue weighted by Gasteiger charge is -2.33. The molecule has 1 fully saturated rings. The molecule has 0 spiro atoms. The van der Waals surface area contributed by atoms with Gasteiger partial charge in [-0.25, -0.2) is 0 Å². The van der Waals surface area contributed by atoms with Gasteiger partial charge < -0.3 is 15.3 Å². The summed E-state index contributed by atoms with van der Waals surface area (Å²) < 4.78 is 0. The average Bonchev–Trinajstić information content (AvgIpc) is 2.78. The molecule has 2 atom stereocenters. The summed E-state index contributed by atoms with van der Waals surface area (Å²) in [4.78, 5) is 14.1. The molecule has 0 radical (unpaired) electrons. The van der Waals surface area contributed by atoms with Crippen LogP contribution in [0.2, 0.25) is 0 Å². The first-order valence-electron chi connectivity index (χ1n) is 8.09. The largest absolute Gasteiger partial charge is 0.480 e. The van der Waals surface area contributed by atoms with E-state index in [0.717, 1.165) is 51.2 Å². The molecule has 4 heteroatoms. The fourth-order valence-electron chi connectivity index (χ4n) is 3.34. The number of nitrogens with one attached hydrogen (secondary N) is 1. The van der Waals surface area contributed by atoms with Gasteiger partial charge in [-0.3, -0.25) is 4.79 Å². The van der Waals surface area contributed by atoms with Crippen molar-refractivity contribution in [2.75, 3.05) is 26.7 Å². The van der Waals surface area contributed by atoms with Crippen LogP contribution in [0.15, 0.2) is 0 Å². The molecule has 4 nitrogen and oxygen atoms in total. The highest BCUT2D eigenvalue weighted by Gasteiger charge is 2.48. The topological polar surface area (TPSA) is 52.6 Å². The summed E-state index contributed by atoms with van der Waals surface area (Å²) in [5.41, 5.74) is -0.673. The molecule has 1 aliphatic carbocycles. The summed E-state index contributed by atoms with van der Waals surface area (Å²) in [6.07, 6.45) is 5.03. The van der Waals surface area contributed by atoms with Gasteiger partial charge in [0.05, 0.1) is 0 Å². The van der Waals surface area contributed by atoms with Crippen LogP contribution in [0.25, 0.3) is 0 Å². The van der Waals surface area contributed by atoms with Crippen LogP contribution in [0.1, 0.15) is 52.9 Å². The lowest BCUT2D eigenvalue weighted by molar-refractivity contribution is -0.146. The molecule has 1 rings (SSSR count). The van der Waals surface area contributed by atoms with E-state index in [4.69, 9.17) is 0 Å². The second-order valence-corrected chi connectivity index (χ2v) is 6.67. The zero-order valence-electron chi connectivity index (χ0n) is 13.6. The number of hydrogen-bond acceptors (Lipinski definition) is 3. The highest BCUT2D eigenvalue weighted by Crippen LogP contribution is 2.38. The fraction of sp³-hybridized carbons (Fsp3) is 0.938. The predicted octanol–water partition coefficient (Wildman–Crippen LogP) is 2.59. The van der Waals surface area contributed by atoms with Crippen molar-refractivity contribution in [1.29, 1.82) is 0 Å². The third-order valence-corrected chi connectivity index (χ3v) is 4.64. The molecule has 1 aliphatic rings. The number of aliphatic carboxylic acids is 1. The maximum atomic E-state index is 11.7. The summed E-state index contributed by atoms with van der Waals surface area (Å²) in [6.45, 7) is 9.31. The molecule has 0 bridgehead atoms. The predicted molar refractivity (Wildman–Crippen MR) is 83.0 cm³/mol. The van der Waals surface area contributed by atoms with Gasteiger partial charge in [-0.15, -0.1) is 0 Å². The van der Waals surface area contributed by atoms with Crippen molar-refractivity contribution in [3.8, 4) is 0 Å². The SMILES string of the molecule is CCNC1(C(=O)O)CCCC1CCN(C)CCC(C)C. The minimum atomic E-state index is -0.673. The van der Waals surface area contributed by atoms with E-state index in [0.29, 0.717) is 0 Å². The van der Waals surface area contributed by atoms with Gasteiger partial charge in [-0.05, 0) is 64.2 Å². The van der Waals surface area contributed by atoms with Crippen LogP contribution in [-0.4, -0.2) is 48.2 Å². The van der Waals surface area contributed by atoms with E-state index in [1.54, 1.807) is 0 Å². The number of carboxylic acid groups (broad SMARTS) is 1. The second kappa shape index (κ2) is 7.99. The van der Waals surface area contributed by atoms with Gasteiger partial charge in [0.25, 0.3) is 0 Å². The minimum absolute atomic E-state index is 0.265. The highest BCUT2D eigenvalue weighted by atomic mass is 16.4. The van der Waals surface area contributed by atoms with Crippen molar-refractivity contribution < 1.29 is 9.90 Å². The first-order chi connectivity index (χ1) is 9.42. The number of likely N-dealkylation sites (N-methyl/N-ethyl adjacent to an activating group) is 1. The molecule has 1 saturated carbocycles. The third kappa shape index (κ3) is 4.45. The van der Waals surface area contributed by atoms with Crippen molar-refractivity contribution in [2.24, 2.45) is 11.8 Å². The van der Waals surface area contributed by atoms with E-state index < -0.39 is 11.5 Å². The summed E-state index contributed by atoms with van der Waals surface area (Å²) in [5.74, 6) is 0.330. The highest BCUT2D eigenvalue weighted by molar-refractivity contribution is 5.79. The Balaban J connectivity index is 2.50. The Kier molecular flexibility index (Phi) is 6.96. The van der Waals surface area contributed by atoms with Gasteiger partial charge >= 0.3 is 5.97 Å². The quantitative estimate of drug-likeness (QED) is 0.683. The summed E-state index contributed by atoms with van der Waals surface area (Å²) in [6, 6.07) is 0.